The maximum Gasteiger partial charge on any atom is 0.226 e. The van der Waals surface area contributed by atoms with E-state index in [1.165, 1.54) is 6.26 Å². The molecule has 1 fully saturated rings. The fourth-order valence-electron chi connectivity index (χ4n) is 3.18. The molecule has 1 atom stereocenters. The van der Waals surface area contributed by atoms with Gasteiger partial charge in [-0.3, -0.25) is 4.90 Å². The van der Waals surface area contributed by atoms with Crippen LogP contribution < -0.4 is 0 Å². The molecule has 0 bridgehead atoms. The van der Waals surface area contributed by atoms with Gasteiger partial charge in [-0.2, -0.15) is 0 Å². The molecular formula is C17H22N2O3S. The van der Waals surface area contributed by atoms with E-state index < -0.39 is 9.84 Å². The minimum atomic E-state index is -2.91. The molecule has 1 aliphatic heterocycles. The van der Waals surface area contributed by atoms with E-state index in [1.54, 1.807) is 6.26 Å². The summed E-state index contributed by atoms with van der Waals surface area (Å²) in [4.78, 5) is 6.82. The quantitative estimate of drug-likeness (QED) is 0.841. The lowest BCUT2D eigenvalue weighted by Crippen LogP contribution is -2.37. The van der Waals surface area contributed by atoms with Crippen molar-refractivity contribution in [1.82, 2.24) is 9.88 Å². The van der Waals surface area contributed by atoms with E-state index in [4.69, 9.17) is 4.42 Å². The lowest BCUT2D eigenvalue weighted by atomic mass is 10.00. The number of likely N-dealkylation sites (tertiary alicyclic amines) is 1. The molecule has 0 N–H and O–H groups in total. The zero-order valence-corrected chi connectivity index (χ0v) is 14.1. The molecule has 0 saturated carbocycles. The predicted octanol–water partition coefficient (Wildman–Crippen LogP) is 2.60. The molecule has 0 spiro atoms. The minimum absolute atomic E-state index is 0.222. The molecule has 3 rings (SSSR count). The van der Waals surface area contributed by atoms with Gasteiger partial charge in [0.2, 0.25) is 5.89 Å². The van der Waals surface area contributed by atoms with Crippen molar-refractivity contribution < 1.29 is 12.8 Å². The van der Waals surface area contributed by atoms with Crippen molar-refractivity contribution in [3.8, 4) is 11.5 Å². The summed E-state index contributed by atoms with van der Waals surface area (Å²) >= 11 is 0. The number of piperidine rings is 1. The number of rotatable bonds is 5. The van der Waals surface area contributed by atoms with Crippen LogP contribution in [0, 0.1) is 5.92 Å². The van der Waals surface area contributed by atoms with Crippen molar-refractivity contribution in [3.63, 3.8) is 0 Å². The lowest BCUT2D eigenvalue weighted by molar-refractivity contribution is 0.176. The number of nitrogens with zero attached hydrogens (tertiary/aromatic N) is 2. The molecule has 0 aliphatic carbocycles. The molecule has 23 heavy (non-hydrogen) atoms. The van der Waals surface area contributed by atoms with Gasteiger partial charge in [-0.15, -0.1) is 0 Å². The summed E-state index contributed by atoms with van der Waals surface area (Å²) in [6.07, 6.45) is 5.03. The van der Waals surface area contributed by atoms with Crippen LogP contribution in [-0.2, 0) is 16.4 Å². The Morgan fingerprint density at radius 2 is 2.09 bits per heavy atom. The normalized spacial score (nSPS) is 19.8. The highest BCUT2D eigenvalue weighted by atomic mass is 32.2. The second kappa shape index (κ2) is 6.84. The highest BCUT2D eigenvalue weighted by Gasteiger charge is 2.23. The number of aromatic nitrogens is 1. The van der Waals surface area contributed by atoms with Crippen molar-refractivity contribution in [2.45, 2.75) is 19.4 Å². The standard InChI is InChI=1S/C17H22N2O3S/c1-23(20,21)13-14-6-5-9-19(10-14)11-16-12-22-17(18-16)15-7-3-2-4-8-15/h2-4,7-8,12,14H,5-6,9-11,13H2,1H3/t14-/m0/s1. The summed E-state index contributed by atoms with van der Waals surface area (Å²) in [6.45, 7) is 2.49. The second-order valence-electron chi connectivity index (χ2n) is 6.35. The number of oxazole rings is 1. The molecule has 1 aliphatic rings. The third-order valence-corrected chi connectivity index (χ3v) is 5.18. The Kier molecular flexibility index (Phi) is 4.82. The van der Waals surface area contributed by atoms with Crippen LogP contribution in [0.3, 0.4) is 0 Å². The Balaban J connectivity index is 1.62. The molecule has 6 heteroatoms. The van der Waals surface area contributed by atoms with E-state index in [2.05, 4.69) is 9.88 Å². The molecule has 0 amide bonds. The molecule has 124 valence electrons. The van der Waals surface area contributed by atoms with Crippen molar-refractivity contribution in [1.29, 1.82) is 0 Å². The molecule has 0 radical (unpaired) electrons. The van der Waals surface area contributed by atoms with E-state index in [1.807, 2.05) is 30.3 Å². The largest absolute Gasteiger partial charge is 0.444 e. The van der Waals surface area contributed by atoms with Gasteiger partial charge in [0.05, 0.1) is 11.4 Å². The predicted molar refractivity (Wildman–Crippen MR) is 89.7 cm³/mol. The molecule has 1 aromatic heterocycles. The lowest BCUT2D eigenvalue weighted by Gasteiger charge is -2.31. The van der Waals surface area contributed by atoms with Gasteiger partial charge in [-0.25, -0.2) is 13.4 Å². The summed E-state index contributed by atoms with van der Waals surface area (Å²) in [7, 11) is -2.91. The zero-order valence-electron chi connectivity index (χ0n) is 13.3. The van der Waals surface area contributed by atoms with Crippen molar-refractivity contribution >= 4 is 9.84 Å². The van der Waals surface area contributed by atoms with Crippen LogP contribution in [0.5, 0.6) is 0 Å². The van der Waals surface area contributed by atoms with Crippen LogP contribution >= 0.6 is 0 Å². The van der Waals surface area contributed by atoms with Gasteiger partial charge in [0.25, 0.3) is 0 Å². The first-order chi connectivity index (χ1) is 11.0. The average molecular weight is 334 g/mol. The summed E-state index contributed by atoms with van der Waals surface area (Å²) < 4.78 is 28.5. The number of sulfone groups is 1. The molecule has 2 heterocycles. The highest BCUT2D eigenvalue weighted by Crippen LogP contribution is 2.22. The fourth-order valence-corrected chi connectivity index (χ4v) is 4.31. The van der Waals surface area contributed by atoms with Crippen molar-refractivity contribution in [2.24, 2.45) is 5.92 Å². The number of benzene rings is 1. The van der Waals surface area contributed by atoms with Gasteiger partial charge < -0.3 is 4.42 Å². The first kappa shape index (κ1) is 16.2. The van der Waals surface area contributed by atoms with Gasteiger partial charge in [0.15, 0.2) is 0 Å². The summed E-state index contributed by atoms with van der Waals surface area (Å²) in [6, 6.07) is 9.82. The third kappa shape index (κ3) is 4.65. The molecule has 0 unspecified atom stereocenters. The van der Waals surface area contributed by atoms with E-state index >= 15 is 0 Å². The van der Waals surface area contributed by atoms with Crippen LogP contribution in [0.1, 0.15) is 18.5 Å². The van der Waals surface area contributed by atoms with Crippen LogP contribution in [0.25, 0.3) is 11.5 Å². The molecule has 5 nitrogen and oxygen atoms in total. The highest BCUT2D eigenvalue weighted by molar-refractivity contribution is 7.90. The maximum absolute atomic E-state index is 11.5. The SMILES string of the molecule is CS(=O)(=O)C[C@H]1CCCN(Cc2coc(-c3ccccc3)n2)C1. The molecular weight excluding hydrogens is 312 g/mol. The summed E-state index contributed by atoms with van der Waals surface area (Å²) in [5.41, 5.74) is 1.86. The van der Waals surface area contributed by atoms with E-state index in [0.29, 0.717) is 12.4 Å². The van der Waals surface area contributed by atoms with Gasteiger partial charge in [-0.1, -0.05) is 18.2 Å². The van der Waals surface area contributed by atoms with Gasteiger partial charge in [0, 0.05) is 24.9 Å². The van der Waals surface area contributed by atoms with E-state index in [9.17, 15) is 8.42 Å². The number of hydrogen-bond donors (Lipinski definition) is 0. The molecule has 1 saturated heterocycles. The molecule has 2 aromatic rings. The van der Waals surface area contributed by atoms with Crippen LogP contribution in [0.4, 0.5) is 0 Å². The van der Waals surface area contributed by atoms with E-state index in [-0.39, 0.29) is 11.7 Å². The maximum atomic E-state index is 11.5. The van der Waals surface area contributed by atoms with Gasteiger partial charge >= 0.3 is 0 Å². The minimum Gasteiger partial charge on any atom is -0.444 e. The first-order valence-corrected chi connectivity index (χ1v) is 9.95. The Labute approximate surface area is 137 Å². The monoisotopic (exact) mass is 334 g/mol. The van der Waals surface area contributed by atoms with E-state index in [0.717, 1.165) is 37.2 Å². The number of hydrogen-bond acceptors (Lipinski definition) is 5. The zero-order chi connectivity index (χ0) is 16.3. The average Bonchev–Trinajstić information content (AvgIpc) is 2.95. The Morgan fingerprint density at radius 3 is 2.83 bits per heavy atom. The second-order valence-corrected chi connectivity index (χ2v) is 8.53. The first-order valence-electron chi connectivity index (χ1n) is 7.89. The van der Waals surface area contributed by atoms with Gasteiger partial charge in [0.1, 0.15) is 16.1 Å². The van der Waals surface area contributed by atoms with Gasteiger partial charge in [-0.05, 0) is 37.4 Å². The smallest absolute Gasteiger partial charge is 0.226 e. The Hall–Kier alpha value is -1.66. The van der Waals surface area contributed by atoms with Crippen LogP contribution in [0.2, 0.25) is 0 Å². The fraction of sp³-hybridized carbons (Fsp3) is 0.471. The Morgan fingerprint density at radius 1 is 1.30 bits per heavy atom. The third-order valence-electron chi connectivity index (χ3n) is 4.10. The summed E-state index contributed by atoms with van der Waals surface area (Å²) in [5.74, 6) is 1.13. The van der Waals surface area contributed by atoms with Crippen molar-refractivity contribution in [2.75, 3.05) is 25.1 Å². The van der Waals surface area contributed by atoms with Crippen molar-refractivity contribution in [3.05, 3.63) is 42.3 Å². The topological polar surface area (TPSA) is 63.4 Å². The van der Waals surface area contributed by atoms with Crippen LogP contribution in [0.15, 0.2) is 41.0 Å². The summed E-state index contributed by atoms with van der Waals surface area (Å²) in [5, 5.41) is 0. The van der Waals surface area contributed by atoms with Crippen LogP contribution in [-0.4, -0.2) is 43.4 Å². The Bertz CT molecular complexity index is 740. The molecule has 1 aromatic carbocycles.